The van der Waals surface area contributed by atoms with Crippen LogP contribution in [0.25, 0.3) is 17.0 Å². The number of H-pyrrole nitrogens is 1. The quantitative estimate of drug-likeness (QED) is 0.738. The SMILES string of the molecule is Cc1nc2c([nH]1)CN(C(=O)/C=C/c1cn(C)c3ccccc13)CC2. The van der Waals surface area contributed by atoms with Crippen molar-refractivity contribution >= 4 is 22.9 Å². The minimum Gasteiger partial charge on any atom is -0.350 e. The zero-order valence-corrected chi connectivity index (χ0v) is 13.9. The lowest BCUT2D eigenvalue weighted by Gasteiger charge is -2.24. The molecule has 24 heavy (non-hydrogen) atoms. The first-order valence-electron chi connectivity index (χ1n) is 8.17. The van der Waals surface area contributed by atoms with Gasteiger partial charge >= 0.3 is 0 Å². The highest BCUT2D eigenvalue weighted by molar-refractivity contribution is 5.96. The van der Waals surface area contributed by atoms with Gasteiger partial charge in [0, 0.05) is 48.8 Å². The molecular weight excluding hydrogens is 300 g/mol. The number of benzene rings is 1. The lowest BCUT2D eigenvalue weighted by molar-refractivity contribution is -0.126. The van der Waals surface area contributed by atoms with Gasteiger partial charge in [-0.05, 0) is 19.1 Å². The number of hydrogen-bond acceptors (Lipinski definition) is 2. The first-order valence-corrected chi connectivity index (χ1v) is 8.17. The van der Waals surface area contributed by atoms with Crippen molar-refractivity contribution in [3.8, 4) is 0 Å². The van der Waals surface area contributed by atoms with E-state index in [0.717, 1.165) is 41.1 Å². The largest absolute Gasteiger partial charge is 0.350 e. The van der Waals surface area contributed by atoms with Crippen molar-refractivity contribution < 1.29 is 4.79 Å². The highest BCUT2D eigenvalue weighted by Gasteiger charge is 2.21. The van der Waals surface area contributed by atoms with E-state index in [2.05, 4.69) is 32.9 Å². The zero-order valence-electron chi connectivity index (χ0n) is 13.9. The lowest BCUT2D eigenvalue weighted by atomic mass is 10.1. The Bertz CT molecular complexity index is 948. The molecule has 1 aromatic carbocycles. The van der Waals surface area contributed by atoms with Gasteiger partial charge in [0.1, 0.15) is 5.82 Å². The van der Waals surface area contributed by atoms with E-state index in [9.17, 15) is 4.79 Å². The third kappa shape index (κ3) is 2.52. The molecule has 0 saturated heterocycles. The Balaban J connectivity index is 1.54. The van der Waals surface area contributed by atoms with Crippen LogP contribution >= 0.6 is 0 Å². The minimum atomic E-state index is 0.0424. The summed E-state index contributed by atoms with van der Waals surface area (Å²) in [5, 5.41) is 1.16. The molecule has 0 unspecified atom stereocenters. The number of carbonyl (C=O) groups excluding carboxylic acids is 1. The van der Waals surface area contributed by atoms with Gasteiger partial charge in [0.15, 0.2) is 0 Å². The summed E-state index contributed by atoms with van der Waals surface area (Å²) in [6.07, 6.45) is 6.46. The Morgan fingerprint density at radius 1 is 1.33 bits per heavy atom. The molecule has 4 rings (SSSR count). The maximum atomic E-state index is 12.5. The molecule has 5 nitrogen and oxygen atoms in total. The molecule has 0 saturated carbocycles. The third-order valence-corrected chi connectivity index (χ3v) is 4.60. The molecule has 1 aliphatic heterocycles. The van der Waals surface area contributed by atoms with Crippen molar-refractivity contribution in [2.24, 2.45) is 7.05 Å². The highest BCUT2D eigenvalue weighted by Crippen LogP contribution is 2.22. The molecule has 2 aromatic heterocycles. The first-order chi connectivity index (χ1) is 11.6. The lowest BCUT2D eigenvalue weighted by Crippen LogP contribution is -2.34. The number of fused-ring (bicyclic) bond motifs is 2. The molecule has 0 fully saturated rings. The Morgan fingerprint density at radius 3 is 3.04 bits per heavy atom. The number of aromatic nitrogens is 3. The number of amides is 1. The fourth-order valence-corrected chi connectivity index (χ4v) is 3.40. The van der Waals surface area contributed by atoms with E-state index >= 15 is 0 Å². The van der Waals surface area contributed by atoms with Gasteiger partial charge in [-0.1, -0.05) is 18.2 Å². The van der Waals surface area contributed by atoms with E-state index in [-0.39, 0.29) is 5.91 Å². The van der Waals surface area contributed by atoms with Gasteiger partial charge in [-0.2, -0.15) is 0 Å². The van der Waals surface area contributed by atoms with E-state index in [1.54, 1.807) is 6.08 Å². The van der Waals surface area contributed by atoms with E-state index in [1.807, 2.05) is 37.1 Å². The molecule has 122 valence electrons. The summed E-state index contributed by atoms with van der Waals surface area (Å²) in [6, 6.07) is 8.22. The number of carbonyl (C=O) groups is 1. The predicted molar refractivity (Wildman–Crippen MR) is 94.4 cm³/mol. The van der Waals surface area contributed by atoms with Gasteiger partial charge in [-0.15, -0.1) is 0 Å². The van der Waals surface area contributed by atoms with Crippen LogP contribution in [-0.4, -0.2) is 31.9 Å². The number of imidazole rings is 1. The summed E-state index contributed by atoms with van der Waals surface area (Å²) < 4.78 is 2.08. The summed E-state index contributed by atoms with van der Waals surface area (Å²) in [4.78, 5) is 22.1. The van der Waals surface area contributed by atoms with Crippen LogP contribution in [0.5, 0.6) is 0 Å². The smallest absolute Gasteiger partial charge is 0.246 e. The molecule has 5 heteroatoms. The van der Waals surface area contributed by atoms with Crippen LogP contribution in [0, 0.1) is 6.92 Å². The summed E-state index contributed by atoms with van der Waals surface area (Å²) in [5.74, 6) is 0.960. The van der Waals surface area contributed by atoms with Crippen molar-refractivity contribution in [2.45, 2.75) is 19.9 Å². The summed E-state index contributed by atoms with van der Waals surface area (Å²) >= 11 is 0. The van der Waals surface area contributed by atoms with Gasteiger partial charge in [0.2, 0.25) is 5.91 Å². The van der Waals surface area contributed by atoms with Crippen molar-refractivity contribution in [1.82, 2.24) is 19.4 Å². The molecule has 1 N–H and O–H groups in total. The van der Waals surface area contributed by atoms with E-state index in [1.165, 1.54) is 5.52 Å². The first kappa shape index (κ1) is 14.8. The second-order valence-electron chi connectivity index (χ2n) is 6.30. The number of aromatic amines is 1. The highest BCUT2D eigenvalue weighted by atomic mass is 16.2. The molecule has 0 spiro atoms. The molecule has 3 heterocycles. The minimum absolute atomic E-state index is 0.0424. The molecular formula is C19H20N4O. The van der Waals surface area contributed by atoms with E-state index in [4.69, 9.17) is 0 Å². The second-order valence-corrected chi connectivity index (χ2v) is 6.30. The van der Waals surface area contributed by atoms with Crippen LogP contribution in [0.1, 0.15) is 22.8 Å². The van der Waals surface area contributed by atoms with Gasteiger partial charge in [-0.3, -0.25) is 4.79 Å². The Hall–Kier alpha value is -2.82. The molecule has 0 radical (unpaired) electrons. The van der Waals surface area contributed by atoms with Gasteiger partial charge in [-0.25, -0.2) is 4.98 Å². The fourth-order valence-electron chi connectivity index (χ4n) is 3.40. The van der Waals surface area contributed by atoms with Gasteiger partial charge in [0.25, 0.3) is 0 Å². The van der Waals surface area contributed by atoms with Gasteiger partial charge < -0.3 is 14.5 Å². The number of para-hydroxylation sites is 1. The Kier molecular flexibility index (Phi) is 3.49. The zero-order chi connectivity index (χ0) is 16.7. The summed E-state index contributed by atoms with van der Waals surface area (Å²) in [5.41, 5.74) is 4.39. The van der Waals surface area contributed by atoms with E-state index in [0.29, 0.717) is 6.54 Å². The molecule has 3 aromatic rings. The average molecular weight is 320 g/mol. The summed E-state index contributed by atoms with van der Waals surface area (Å²) in [7, 11) is 2.02. The molecule has 1 amide bonds. The number of rotatable bonds is 2. The van der Waals surface area contributed by atoms with Crippen LogP contribution in [0.4, 0.5) is 0 Å². The molecule has 1 aliphatic rings. The maximum Gasteiger partial charge on any atom is 0.246 e. The molecule has 0 bridgehead atoms. The van der Waals surface area contributed by atoms with Crippen LogP contribution in [0.3, 0.4) is 0 Å². The third-order valence-electron chi connectivity index (χ3n) is 4.60. The fraction of sp³-hybridized carbons (Fsp3) is 0.263. The monoisotopic (exact) mass is 320 g/mol. The van der Waals surface area contributed by atoms with Crippen LogP contribution in [0.15, 0.2) is 36.5 Å². The molecule has 0 atom stereocenters. The van der Waals surface area contributed by atoms with Crippen molar-refractivity contribution in [3.63, 3.8) is 0 Å². The predicted octanol–water partition coefficient (Wildman–Crippen LogP) is 2.81. The summed E-state index contributed by atoms with van der Waals surface area (Å²) in [6.45, 7) is 3.27. The van der Waals surface area contributed by atoms with E-state index < -0.39 is 0 Å². The van der Waals surface area contributed by atoms with Gasteiger partial charge in [0.05, 0.1) is 17.9 Å². The number of nitrogens with one attached hydrogen (secondary N) is 1. The van der Waals surface area contributed by atoms with Crippen molar-refractivity contribution in [2.75, 3.05) is 6.54 Å². The van der Waals surface area contributed by atoms with Crippen molar-refractivity contribution in [1.29, 1.82) is 0 Å². The Labute approximate surface area is 140 Å². The number of aryl methyl sites for hydroxylation is 2. The van der Waals surface area contributed by atoms with Crippen LogP contribution < -0.4 is 0 Å². The van der Waals surface area contributed by atoms with Crippen molar-refractivity contribution in [3.05, 3.63) is 59.3 Å². The molecule has 0 aliphatic carbocycles. The normalized spacial score (nSPS) is 14.5. The average Bonchev–Trinajstić information content (AvgIpc) is 3.11. The van der Waals surface area contributed by atoms with Crippen LogP contribution in [0.2, 0.25) is 0 Å². The number of nitrogens with zero attached hydrogens (tertiary/aromatic N) is 3. The standard InChI is InChI=1S/C19H20N4O/c1-13-20-16-9-10-23(12-17(16)21-13)19(24)8-7-14-11-22(2)18-6-4-3-5-15(14)18/h3-8,11H,9-10,12H2,1-2H3,(H,20,21)/b8-7+. The topological polar surface area (TPSA) is 53.9 Å². The maximum absolute atomic E-state index is 12.5. The van der Waals surface area contributed by atoms with Crippen LogP contribution in [-0.2, 0) is 24.8 Å². The number of hydrogen-bond donors (Lipinski definition) is 1. The Morgan fingerprint density at radius 2 is 2.17 bits per heavy atom. The second kappa shape index (κ2) is 5.67.